The Morgan fingerprint density at radius 3 is 2.77 bits per heavy atom. The van der Waals surface area contributed by atoms with Gasteiger partial charge in [0.25, 0.3) is 0 Å². The number of nitrogens with one attached hydrogen (secondary N) is 1. The minimum Gasteiger partial charge on any atom is -0.361 e. The summed E-state index contributed by atoms with van der Waals surface area (Å²) in [6.07, 6.45) is 5.17. The number of halogens is 1. The summed E-state index contributed by atoms with van der Waals surface area (Å²) in [4.78, 5) is 16.1. The van der Waals surface area contributed by atoms with Gasteiger partial charge in [-0.2, -0.15) is 0 Å². The molecule has 5 nitrogen and oxygen atoms in total. The zero-order valence-corrected chi connectivity index (χ0v) is 19.0. The molecule has 3 aromatic rings. The van der Waals surface area contributed by atoms with Crippen LogP contribution in [0.15, 0.2) is 45.8 Å². The molecule has 1 aromatic carbocycles. The molecule has 1 N–H and O–H groups in total. The van der Waals surface area contributed by atoms with Gasteiger partial charge >= 0.3 is 0 Å². The number of benzene rings is 1. The largest absolute Gasteiger partial charge is 0.361 e. The Bertz CT molecular complexity index is 1070. The highest BCUT2D eigenvalue weighted by Crippen LogP contribution is 2.32. The Labute approximate surface area is 188 Å². The van der Waals surface area contributed by atoms with E-state index in [1.165, 1.54) is 11.3 Å². The van der Waals surface area contributed by atoms with E-state index in [9.17, 15) is 4.79 Å². The monoisotopic (exact) mass is 459 g/mol. The summed E-state index contributed by atoms with van der Waals surface area (Å²) in [6.45, 7) is 1.91. The molecule has 0 spiro atoms. The van der Waals surface area contributed by atoms with Crippen molar-refractivity contribution in [2.75, 3.05) is 19.3 Å². The van der Waals surface area contributed by atoms with Gasteiger partial charge in [-0.1, -0.05) is 28.9 Å². The van der Waals surface area contributed by atoms with Crippen LogP contribution in [0, 0.1) is 5.41 Å². The van der Waals surface area contributed by atoms with Crippen LogP contribution < -0.4 is 0 Å². The number of ketones is 1. The second-order valence-corrected chi connectivity index (χ2v) is 9.73. The Morgan fingerprint density at radius 1 is 1.27 bits per heavy atom. The average molecular weight is 460 g/mol. The van der Waals surface area contributed by atoms with Crippen LogP contribution in [0.3, 0.4) is 0 Å². The van der Waals surface area contributed by atoms with Gasteiger partial charge in [-0.05, 0) is 37.3 Å². The Balaban J connectivity index is 1.46. The molecule has 156 valence electrons. The van der Waals surface area contributed by atoms with E-state index in [2.05, 4.69) is 16.1 Å². The molecule has 0 radical (unpaired) electrons. The number of thiophene rings is 1. The molecule has 0 unspecified atom stereocenters. The number of thioether (sulfide) groups is 1. The third-order valence-electron chi connectivity index (χ3n) is 5.18. The van der Waals surface area contributed by atoms with Crippen LogP contribution in [0.25, 0.3) is 11.3 Å². The molecule has 4 rings (SSSR count). The lowest BCUT2D eigenvalue weighted by molar-refractivity contribution is 0.0984. The quantitative estimate of drug-likeness (QED) is 0.202. The van der Waals surface area contributed by atoms with Gasteiger partial charge in [0.15, 0.2) is 5.78 Å². The van der Waals surface area contributed by atoms with Gasteiger partial charge in [-0.25, -0.2) is 0 Å². The van der Waals surface area contributed by atoms with Gasteiger partial charge in [0.1, 0.15) is 17.3 Å². The van der Waals surface area contributed by atoms with E-state index in [4.69, 9.17) is 21.5 Å². The number of rotatable bonds is 7. The first-order valence-corrected chi connectivity index (χ1v) is 12.2. The maximum absolute atomic E-state index is 12.3. The summed E-state index contributed by atoms with van der Waals surface area (Å²) in [7, 11) is 0. The van der Waals surface area contributed by atoms with Gasteiger partial charge < -0.3 is 9.42 Å². The van der Waals surface area contributed by atoms with Gasteiger partial charge in [0.2, 0.25) is 0 Å². The van der Waals surface area contributed by atoms with Crippen LogP contribution >= 0.6 is 34.7 Å². The molecule has 8 heteroatoms. The van der Waals surface area contributed by atoms with Crippen LogP contribution in [0.2, 0.25) is 4.34 Å². The second kappa shape index (κ2) is 9.37. The SMILES string of the molecule is CSc1cc(C(=N)N2CCCC2)ccc1-c1cc(CCC(=O)c2ccc(Cl)s2)on1. The number of likely N-dealkylation sites (tertiary alicyclic amines) is 1. The van der Waals surface area contributed by atoms with E-state index >= 15 is 0 Å². The average Bonchev–Trinajstić information content (AvgIpc) is 3.52. The fourth-order valence-corrected chi connectivity index (χ4v) is 5.20. The number of amidine groups is 1. The van der Waals surface area contributed by atoms with E-state index in [1.807, 2.05) is 24.5 Å². The van der Waals surface area contributed by atoms with Gasteiger partial charge in [0.05, 0.1) is 9.21 Å². The van der Waals surface area contributed by atoms with E-state index in [1.54, 1.807) is 23.9 Å². The second-order valence-electron chi connectivity index (χ2n) is 7.16. The number of Topliss-reactive ketones (excluding diaryl/α,β-unsaturated/α-hetero) is 1. The van der Waals surface area contributed by atoms with Crippen molar-refractivity contribution < 1.29 is 9.32 Å². The van der Waals surface area contributed by atoms with Crippen LogP contribution in [-0.2, 0) is 6.42 Å². The highest BCUT2D eigenvalue weighted by molar-refractivity contribution is 7.98. The summed E-state index contributed by atoms with van der Waals surface area (Å²) in [5, 5.41) is 12.7. The van der Waals surface area contributed by atoms with Gasteiger partial charge in [-0.15, -0.1) is 23.1 Å². The molecular formula is C22H22ClN3O2S2. The van der Waals surface area contributed by atoms with Crippen molar-refractivity contribution in [2.45, 2.75) is 30.6 Å². The standard InChI is InChI=1S/C22H22ClN3O2S2/c1-29-20-12-14(22(24)26-10-2-3-11-26)4-6-16(20)17-13-15(28-25-17)5-7-18(27)19-8-9-21(23)30-19/h4,6,8-9,12-13,24H,2-3,5,7,10-11H2,1H3. The topological polar surface area (TPSA) is 70.2 Å². The fraction of sp³-hybridized carbons (Fsp3) is 0.318. The maximum Gasteiger partial charge on any atom is 0.173 e. The Hall–Kier alpha value is -2.09. The number of aryl methyl sites for hydroxylation is 1. The predicted octanol–water partition coefficient (Wildman–Crippen LogP) is 6.02. The molecule has 0 atom stereocenters. The van der Waals surface area contributed by atoms with Crippen molar-refractivity contribution in [3.63, 3.8) is 0 Å². The van der Waals surface area contributed by atoms with Crippen molar-refractivity contribution in [3.05, 3.63) is 56.9 Å². The normalized spacial score (nSPS) is 13.7. The molecular weight excluding hydrogens is 438 g/mol. The van der Waals surface area contributed by atoms with Crippen LogP contribution in [0.4, 0.5) is 0 Å². The smallest absolute Gasteiger partial charge is 0.173 e. The number of hydrogen-bond acceptors (Lipinski definition) is 6. The molecule has 0 amide bonds. The minimum atomic E-state index is 0.0550. The lowest BCUT2D eigenvalue weighted by Gasteiger charge is -2.19. The Kier molecular flexibility index (Phi) is 6.61. The summed E-state index contributed by atoms with van der Waals surface area (Å²) >= 11 is 8.83. The lowest BCUT2D eigenvalue weighted by atomic mass is 10.1. The molecule has 3 heterocycles. The first-order chi connectivity index (χ1) is 14.5. The van der Waals surface area contributed by atoms with Crippen molar-refractivity contribution in [2.24, 2.45) is 0 Å². The van der Waals surface area contributed by atoms with E-state index in [0.717, 1.165) is 47.6 Å². The third-order valence-corrected chi connectivity index (χ3v) is 7.23. The molecule has 1 fully saturated rings. The zero-order chi connectivity index (χ0) is 21.1. The van der Waals surface area contributed by atoms with Crippen molar-refractivity contribution in [1.29, 1.82) is 5.41 Å². The third kappa shape index (κ3) is 4.63. The number of carbonyl (C=O) groups excluding carboxylic acids is 1. The van der Waals surface area contributed by atoms with Crippen LogP contribution in [0.1, 0.15) is 40.3 Å². The summed E-state index contributed by atoms with van der Waals surface area (Å²) < 4.78 is 6.10. The van der Waals surface area contributed by atoms with Gasteiger partial charge in [0, 0.05) is 48.0 Å². The maximum atomic E-state index is 12.3. The molecule has 30 heavy (non-hydrogen) atoms. The fourth-order valence-electron chi connectivity index (χ4n) is 3.56. The van der Waals surface area contributed by atoms with Crippen molar-refractivity contribution in [1.82, 2.24) is 10.1 Å². The molecule has 0 saturated carbocycles. The predicted molar refractivity (Wildman–Crippen MR) is 123 cm³/mol. The first kappa shape index (κ1) is 21.2. The number of aromatic nitrogens is 1. The van der Waals surface area contributed by atoms with Gasteiger partial charge in [-0.3, -0.25) is 10.2 Å². The van der Waals surface area contributed by atoms with Crippen molar-refractivity contribution >= 4 is 46.3 Å². The molecule has 0 bridgehead atoms. The van der Waals surface area contributed by atoms with Crippen molar-refractivity contribution in [3.8, 4) is 11.3 Å². The number of hydrogen-bond donors (Lipinski definition) is 1. The molecule has 2 aromatic heterocycles. The van der Waals surface area contributed by atoms with E-state index in [-0.39, 0.29) is 5.78 Å². The highest BCUT2D eigenvalue weighted by Gasteiger charge is 2.19. The number of nitrogens with zero attached hydrogens (tertiary/aromatic N) is 2. The minimum absolute atomic E-state index is 0.0550. The summed E-state index contributed by atoms with van der Waals surface area (Å²) in [5.74, 6) is 1.32. The molecule has 0 aliphatic carbocycles. The summed E-state index contributed by atoms with van der Waals surface area (Å²) in [5.41, 5.74) is 2.65. The highest BCUT2D eigenvalue weighted by atomic mass is 35.5. The first-order valence-electron chi connectivity index (χ1n) is 9.81. The number of carbonyl (C=O) groups is 1. The lowest BCUT2D eigenvalue weighted by Crippen LogP contribution is -2.27. The van der Waals surface area contributed by atoms with E-state index < -0.39 is 0 Å². The molecule has 1 aliphatic rings. The van der Waals surface area contributed by atoms with Crippen LogP contribution in [0.5, 0.6) is 0 Å². The Morgan fingerprint density at radius 2 is 2.07 bits per heavy atom. The summed E-state index contributed by atoms with van der Waals surface area (Å²) in [6, 6.07) is 11.4. The molecule has 1 saturated heterocycles. The zero-order valence-electron chi connectivity index (χ0n) is 16.6. The van der Waals surface area contributed by atoms with E-state index in [0.29, 0.717) is 33.7 Å². The molecule has 1 aliphatic heterocycles. The van der Waals surface area contributed by atoms with Crippen LogP contribution in [-0.4, -0.2) is 41.0 Å².